The Labute approximate surface area is 213 Å². The number of ketones is 1. The molecule has 3 rings (SSSR count). The van der Waals surface area contributed by atoms with Crippen LogP contribution < -0.4 is 0 Å². The number of carbonyl (C=O) groups is 2. The first kappa shape index (κ1) is 27.8. The molecule has 0 radical (unpaired) electrons. The molecule has 7 heteroatoms. The number of nitrogens with zero attached hydrogens (tertiary/aromatic N) is 1. The van der Waals surface area contributed by atoms with E-state index in [1.807, 2.05) is 32.2 Å². The van der Waals surface area contributed by atoms with E-state index in [1.54, 1.807) is 18.3 Å². The number of carbonyl (C=O) groups excluding carboxylic acids is 2. The van der Waals surface area contributed by atoms with Crippen molar-refractivity contribution in [1.29, 1.82) is 0 Å². The molecule has 1 fully saturated rings. The van der Waals surface area contributed by atoms with Crippen LogP contribution in [0.5, 0.6) is 0 Å². The molecule has 6 nitrogen and oxygen atoms in total. The smallest absolute Gasteiger partial charge is 0.309 e. The van der Waals surface area contributed by atoms with Crippen molar-refractivity contribution in [2.45, 2.75) is 104 Å². The van der Waals surface area contributed by atoms with Crippen molar-refractivity contribution < 1.29 is 24.5 Å². The van der Waals surface area contributed by atoms with Gasteiger partial charge in [-0.05, 0) is 70.4 Å². The average Bonchev–Trinajstić information content (AvgIpc) is 3.18. The molecule has 2 heterocycles. The molecule has 1 aliphatic heterocycles. The molecule has 35 heavy (non-hydrogen) atoms. The van der Waals surface area contributed by atoms with Gasteiger partial charge in [0.2, 0.25) is 0 Å². The first-order valence-electron chi connectivity index (χ1n) is 12.9. The van der Waals surface area contributed by atoms with Crippen LogP contribution in [0.2, 0.25) is 0 Å². The van der Waals surface area contributed by atoms with Crippen LogP contribution in [-0.2, 0) is 14.3 Å². The third-order valence-electron chi connectivity index (χ3n) is 7.95. The Bertz CT molecular complexity index is 960. The minimum absolute atomic E-state index is 0.0200. The van der Waals surface area contributed by atoms with Gasteiger partial charge in [0, 0.05) is 17.7 Å². The molecular weight excluding hydrogens is 462 g/mol. The number of aliphatic hydroxyl groups is 2. The predicted octanol–water partition coefficient (Wildman–Crippen LogP) is 5.41. The van der Waals surface area contributed by atoms with Crippen molar-refractivity contribution in [2.75, 3.05) is 0 Å². The van der Waals surface area contributed by atoms with Crippen molar-refractivity contribution in [3.05, 3.63) is 33.3 Å². The minimum atomic E-state index is -1.11. The van der Waals surface area contributed by atoms with Gasteiger partial charge in [0.05, 0.1) is 34.7 Å². The number of esters is 1. The van der Waals surface area contributed by atoms with E-state index >= 15 is 0 Å². The maximum atomic E-state index is 13.4. The molecular formula is C28H41NO5S. The Kier molecular flexibility index (Phi) is 9.47. The van der Waals surface area contributed by atoms with Crippen LogP contribution in [-0.4, -0.2) is 45.3 Å². The number of hydrogen-bond donors (Lipinski definition) is 2. The lowest BCUT2D eigenvalue weighted by Gasteiger charge is -2.46. The van der Waals surface area contributed by atoms with Gasteiger partial charge in [-0.3, -0.25) is 9.59 Å². The first-order valence-corrected chi connectivity index (χ1v) is 13.8. The number of hydrogen-bond acceptors (Lipinski definition) is 7. The van der Waals surface area contributed by atoms with Gasteiger partial charge in [-0.25, -0.2) is 4.98 Å². The summed E-state index contributed by atoms with van der Waals surface area (Å²) in [5.74, 6) is -1.24. The quantitative estimate of drug-likeness (QED) is 0.414. The molecule has 0 unspecified atom stereocenters. The zero-order valence-corrected chi connectivity index (χ0v) is 22.6. The van der Waals surface area contributed by atoms with E-state index in [2.05, 4.69) is 18.0 Å². The van der Waals surface area contributed by atoms with Gasteiger partial charge in [-0.2, -0.15) is 0 Å². The molecule has 1 saturated carbocycles. The number of aromatic nitrogens is 1. The first-order chi connectivity index (χ1) is 16.5. The van der Waals surface area contributed by atoms with Crippen molar-refractivity contribution >= 4 is 29.2 Å². The molecule has 2 aliphatic rings. The van der Waals surface area contributed by atoms with E-state index in [1.165, 1.54) is 5.57 Å². The number of aryl methyl sites for hydroxylation is 1. The van der Waals surface area contributed by atoms with Gasteiger partial charge < -0.3 is 14.9 Å². The molecule has 0 aromatic carbocycles. The van der Waals surface area contributed by atoms with Crippen LogP contribution in [0.15, 0.2) is 22.6 Å². The van der Waals surface area contributed by atoms with Crippen LogP contribution in [0.1, 0.15) is 89.8 Å². The van der Waals surface area contributed by atoms with Gasteiger partial charge in [0.1, 0.15) is 11.9 Å². The number of ether oxygens (including phenoxy) is 1. The van der Waals surface area contributed by atoms with Gasteiger partial charge in [0.25, 0.3) is 0 Å². The fraction of sp³-hybridized carbons (Fsp3) is 0.679. The van der Waals surface area contributed by atoms with Crippen LogP contribution >= 0.6 is 11.3 Å². The number of rotatable bonds is 2. The summed E-state index contributed by atoms with van der Waals surface area (Å²) >= 11 is 1.57. The average molecular weight is 504 g/mol. The molecule has 0 saturated heterocycles. The van der Waals surface area contributed by atoms with Crippen molar-refractivity contribution in [2.24, 2.45) is 17.3 Å². The lowest BCUT2D eigenvalue weighted by molar-refractivity contribution is -0.161. The third-order valence-corrected chi connectivity index (χ3v) is 8.74. The van der Waals surface area contributed by atoms with Crippen molar-refractivity contribution in [3.63, 3.8) is 0 Å². The number of aliphatic hydroxyl groups excluding tert-OH is 2. The number of cyclic esters (lactones) is 1. The fourth-order valence-corrected chi connectivity index (χ4v) is 5.92. The highest BCUT2D eigenvalue weighted by Gasteiger charge is 2.52. The summed E-state index contributed by atoms with van der Waals surface area (Å²) in [6.45, 7) is 9.71. The SMILES string of the molecule is C/C1=C/C[C@H](/C(C)=C/c2csc(C)n2)OC(=O)C[C@H](O)C2(CCC2)C(=O)[C@@H](C)[C@H](O)[C@@H](C)CCC1. The Morgan fingerprint density at radius 3 is 2.51 bits per heavy atom. The molecule has 2 N–H and O–H groups in total. The summed E-state index contributed by atoms with van der Waals surface area (Å²) in [4.78, 5) is 30.9. The van der Waals surface area contributed by atoms with E-state index < -0.39 is 35.6 Å². The fourth-order valence-electron chi connectivity index (χ4n) is 5.35. The topological polar surface area (TPSA) is 96.7 Å². The van der Waals surface area contributed by atoms with E-state index in [-0.39, 0.29) is 18.1 Å². The van der Waals surface area contributed by atoms with Crippen molar-refractivity contribution in [1.82, 2.24) is 4.98 Å². The Morgan fingerprint density at radius 1 is 1.20 bits per heavy atom. The van der Waals surface area contributed by atoms with Crippen molar-refractivity contribution in [3.8, 4) is 0 Å². The monoisotopic (exact) mass is 503 g/mol. The zero-order chi connectivity index (χ0) is 25.8. The zero-order valence-electron chi connectivity index (χ0n) is 21.8. The van der Waals surface area contributed by atoms with E-state index in [0.717, 1.165) is 42.0 Å². The molecule has 1 aromatic rings. The Balaban J connectivity index is 1.87. The second-order valence-electron chi connectivity index (χ2n) is 10.7. The van der Waals surface area contributed by atoms with Gasteiger partial charge in [0.15, 0.2) is 0 Å². The molecule has 0 amide bonds. The molecule has 5 atom stereocenters. The van der Waals surface area contributed by atoms with Gasteiger partial charge >= 0.3 is 5.97 Å². The Morgan fingerprint density at radius 2 is 1.91 bits per heavy atom. The lowest BCUT2D eigenvalue weighted by Crippen LogP contribution is -2.53. The summed E-state index contributed by atoms with van der Waals surface area (Å²) < 4.78 is 5.88. The van der Waals surface area contributed by atoms with E-state index in [0.29, 0.717) is 19.3 Å². The molecule has 1 spiro atoms. The van der Waals surface area contributed by atoms with E-state index in [9.17, 15) is 19.8 Å². The van der Waals surface area contributed by atoms with Crippen LogP contribution in [0.3, 0.4) is 0 Å². The summed E-state index contributed by atoms with van der Waals surface area (Å²) in [6.07, 6.45) is 6.56. The Hall–Kier alpha value is -1.83. The molecule has 194 valence electrons. The number of thiazole rings is 1. The second-order valence-corrected chi connectivity index (χ2v) is 11.7. The molecule has 1 aromatic heterocycles. The lowest BCUT2D eigenvalue weighted by atomic mass is 9.58. The third kappa shape index (κ3) is 6.69. The number of allylic oxidation sites excluding steroid dienone is 1. The summed E-state index contributed by atoms with van der Waals surface area (Å²) in [6, 6.07) is 0. The van der Waals surface area contributed by atoms with Gasteiger partial charge in [-0.1, -0.05) is 31.9 Å². The van der Waals surface area contributed by atoms with E-state index in [4.69, 9.17) is 4.74 Å². The number of Topliss-reactive ketones (excluding diaryl/α,β-unsaturated/α-hetero) is 1. The van der Waals surface area contributed by atoms with Crippen LogP contribution in [0, 0.1) is 24.2 Å². The van der Waals surface area contributed by atoms with Gasteiger partial charge in [-0.15, -0.1) is 11.3 Å². The highest BCUT2D eigenvalue weighted by molar-refractivity contribution is 7.09. The highest BCUT2D eigenvalue weighted by atomic mass is 32.1. The normalized spacial score (nSPS) is 33.1. The standard InChI is InChI=1S/C28H41NO5S/c1-17-8-6-9-18(2)26(32)20(4)27(33)28(12-7-13-28)24(30)15-25(31)34-23(11-10-17)19(3)14-22-16-35-21(5)29-22/h10,14,16,18,20,23-24,26,30,32H,6-9,11-13,15H2,1-5H3/b17-10-,19-14+/t18-,20-,23+,24-,26+/m0/s1. The maximum Gasteiger partial charge on any atom is 0.309 e. The van der Waals surface area contributed by atoms with Crippen LogP contribution in [0.4, 0.5) is 0 Å². The molecule has 0 bridgehead atoms. The summed E-state index contributed by atoms with van der Waals surface area (Å²) in [5.41, 5.74) is 1.97. The minimum Gasteiger partial charge on any atom is -0.457 e. The maximum absolute atomic E-state index is 13.4. The second kappa shape index (κ2) is 11.9. The van der Waals surface area contributed by atoms with Crippen LogP contribution in [0.25, 0.3) is 6.08 Å². The predicted molar refractivity (Wildman–Crippen MR) is 139 cm³/mol. The highest BCUT2D eigenvalue weighted by Crippen LogP contribution is 2.48. The largest absolute Gasteiger partial charge is 0.457 e. The molecule has 1 aliphatic carbocycles. The summed E-state index contributed by atoms with van der Waals surface area (Å²) in [7, 11) is 0. The summed E-state index contributed by atoms with van der Waals surface area (Å²) in [5, 5.41) is 24.9.